The molecule has 2 fully saturated rings. The Balaban J connectivity index is 0.977. The Hall–Kier alpha value is -5.84. The lowest BCUT2D eigenvalue weighted by molar-refractivity contribution is -0.172. The van der Waals surface area contributed by atoms with Crippen molar-refractivity contribution in [3.05, 3.63) is 56.9 Å². The molecule has 3 N–H and O–H groups in total. The zero-order valence-corrected chi connectivity index (χ0v) is 30.5. The summed E-state index contributed by atoms with van der Waals surface area (Å²) in [6.07, 6.45) is -0.570. The Morgan fingerprint density at radius 1 is 0.855 bits per heavy atom. The number of carbonyl (C=O) groups is 6. The van der Waals surface area contributed by atoms with Crippen LogP contribution in [0, 0.1) is 5.41 Å². The molecule has 0 unspecified atom stereocenters. The smallest absolute Gasteiger partial charge is 0.415 e. The van der Waals surface area contributed by atoms with Gasteiger partial charge in [-0.3, -0.25) is 24.0 Å². The second-order valence-corrected chi connectivity index (χ2v) is 14.4. The van der Waals surface area contributed by atoms with E-state index in [0.717, 1.165) is 16.5 Å². The van der Waals surface area contributed by atoms with Crippen molar-refractivity contribution in [1.82, 2.24) is 24.3 Å². The van der Waals surface area contributed by atoms with Crippen LogP contribution < -0.4 is 10.3 Å². The summed E-state index contributed by atoms with van der Waals surface area (Å²) in [6, 6.07) is 6.76. The number of pyridine rings is 2. The van der Waals surface area contributed by atoms with Gasteiger partial charge in [0.25, 0.3) is 5.56 Å². The molecule has 7 rings (SSSR count). The number of carbonyl (C=O) groups excluding carboxylic acids is 4. The molecule has 4 aliphatic heterocycles. The van der Waals surface area contributed by atoms with E-state index in [2.05, 4.69) is 0 Å². The van der Waals surface area contributed by atoms with Gasteiger partial charge in [0.2, 0.25) is 11.8 Å². The number of hydrogen-bond donors (Lipinski definition) is 3. The van der Waals surface area contributed by atoms with Crippen molar-refractivity contribution in [1.29, 1.82) is 0 Å². The molecule has 3 amide bonds. The van der Waals surface area contributed by atoms with Crippen molar-refractivity contribution in [3.8, 4) is 17.1 Å². The van der Waals surface area contributed by atoms with E-state index in [-0.39, 0.29) is 113 Å². The molecule has 0 aliphatic carbocycles. The van der Waals surface area contributed by atoms with Gasteiger partial charge < -0.3 is 44.1 Å². The molecule has 17 nitrogen and oxygen atoms in total. The molecule has 1 atom stereocenters. The molecule has 55 heavy (non-hydrogen) atoms. The van der Waals surface area contributed by atoms with Crippen molar-refractivity contribution in [2.24, 2.45) is 5.41 Å². The number of likely N-dealkylation sites (tertiary alicyclic amines) is 1. The number of aromatic nitrogens is 2. The summed E-state index contributed by atoms with van der Waals surface area (Å²) in [7, 11) is 0. The van der Waals surface area contributed by atoms with E-state index in [0.29, 0.717) is 29.1 Å². The molecule has 4 aliphatic rings. The van der Waals surface area contributed by atoms with Gasteiger partial charge in [0.1, 0.15) is 12.4 Å². The first-order valence-electron chi connectivity index (χ1n) is 18.3. The van der Waals surface area contributed by atoms with E-state index in [1.165, 1.54) is 9.80 Å². The van der Waals surface area contributed by atoms with Crippen LogP contribution in [0.4, 0.5) is 4.79 Å². The van der Waals surface area contributed by atoms with E-state index in [1.54, 1.807) is 40.7 Å². The number of aliphatic carboxylic acids is 2. The van der Waals surface area contributed by atoms with E-state index in [1.807, 2.05) is 6.92 Å². The minimum atomic E-state index is -1.93. The third-order valence-corrected chi connectivity index (χ3v) is 11.6. The van der Waals surface area contributed by atoms with Crippen LogP contribution >= 0.6 is 0 Å². The van der Waals surface area contributed by atoms with Crippen molar-refractivity contribution in [3.63, 3.8) is 0 Å². The lowest BCUT2D eigenvalue weighted by Crippen LogP contribution is -2.52. The highest BCUT2D eigenvalue weighted by molar-refractivity contribution is 5.98. The van der Waals surface area contributed by atoms with Crippen molar-refractivity contribution >= 4 is 46.7 Å². The molecular weight excluding hydrogens is 718 g/mol. The van der Waals surface area contributed by atoms with E-state index >= 15 is 0 Å². The summed E-state index contributed by atoms with van der Waals surface area (Å²) >= 11 is 0. The summed E-state index contributed by atoms with van der Waals surface area (Å²) in [6.45, 7) is 4.48. The van der Waals surface area contributed by atoms with Crippen LogP contribution in [0.25, 0.3) is 22.3 Å². The van der Waals surface area contributed by atoms with Crippen molar-refractivity contribution in [2.45, 2.75) is 71.1 Å². The number of benzene rings is 1. The number of carboxylic acids is 2. The quantitative estimate of drug-likeness (QED) is 0.172. The highest BCUT2D eigenvalue weighted by Crippen LogP contribution is 2.41. The Kier molecular flexibility index (Phi) is 9.61. The average molecular weight is 760 g/mol. The van der Waals surface area contributed by atoms with Gasteiger partial charge in [0.05, 0.1) is 29.0 Å². The first-order valence-corrected chi connectivity index (χ1v) is 18.3. The number of aryl methyl sites for hydroxylation is 1. The number of rotatable bonds is 8. The molecular formula is C38H41N5O12. The number of aliphatic hydroxyl groups is 1. The summed E-state index contributed by atoms with van der Waals surface area (Å²) in [4.78, 5) is 97.5. The number of cyclic esters (lactones) is 1. The maximum atomic E-state index is 13.6. The molecule has 2 aromatic heterocycles. The second-order valence-electron chi connectivity index (χ2n) is 14.4. The number of amides is 3. The van der Waals surface area contributed by atoms with Crippen molar-refractivity contribution in [2.75, 3.05) is 39.3 Å². The number of esters is 1. The van der Waals surface area contributed by atoms with Gasteiger partial charge in [0, 0.05) is 68.6 Å². The molecule has 0 spiro atoms. The molecule has 290 valence electrons. The molecule has 0 bridgehead atoms. The van der Waals surface area contributed by atoms with E-state index < -0.39 is 35.0 Å². The minimum absolute atomic E-state index is 0.0233. The third kappa shape index (κ3) is 6.25. The van der Waals surface area contributed by atoms with Crippen LogP contribution in [0.2, 0.25) is 0 Å². The summed E-state index contributed by atoms with van der Waals surface area (Å²) in [5, 5.41) is 30.7. The normalized spacial score (nSPS) is 20.0. The van der Waals surface area contributed by atoms with Crippen molar-refractivity contribution < 1.29 is 53.6 Å². The number of carboxylic acid groups (broad SMARTS) is 2. The Bertz CT molecular complexity index is 2200. The standard InChI is InChI=1S/C38H41N5O12/c1-3-22-23-17-21(5-6-27(23)39-31-24(22)19-43-28(31)18-26-25(32(43)46)20-54-35(51)38(26,53)4-2)55-36(52)42-15-13-41(14-16-42)30(45)8-7-29(44)40-11-9-37(10-12-40,33(47)48)34(49)50/h5-6,17-18,53H,3-4,7-16,19-20H2,1-2H3,(H,47,48)(H,49,50)/t38-/m0/s1. The van der Waals surface area contributed by atoms with Gasteiger partial charge in [0.15, 0.2) is 11.0 Å². The fraction of sp³-hybridized carbons (Fsp3) is 0.474. The zero-order chi connectivity index (χ0) is 39.4. The maximum absolute atomic E-state index is 13.6. The van der Waals surface area contributed by atoms with Crippen LogP contribution in [0.5, 0.6) is 5.75 Å². The average Bonchev–Trinajstić information content (AvgIpc) is 3.55. The molecule has 3 aromatic rings. The number of nitrogens with zero attached hydrogens (tertiary/aromatic N) is 5. The largest absolute Gasteiger partial charge is 0.480 e. The van der Waals surface area contributed by atoms with Gasteiger partial charge in [-0.05, 0) is 55.5 Å². The Morgan fingerprint density at radius 2 is 1.47 bits per heavy atom. The molecule has 2 saturated heterocycles. The number of piperazine rings is 1. The molecule has 0 radical (unpaired) electrons. The molecule has 1 aromatic carbocycles. The van der Waals surface area contributed by atoms with Crippen LogP contribution in [0.15, 0.2) is 29.1 Å². The van der Waals surface area contributed by atoms with Gasteiger partial charge in [-0.25, -0.2) is 14.6 Å². The summed E-state index contributed by atoms with van der Waals surface area (Å²) in [5.41, 5.74) is -0.294. The van der Waals surface area contributed by atoms with Gasteiger partial charge in [-0.1, -0.05) is 13.8 Å². The van der Waals surface area contributed by atoms with E-state index in [4.69, 9.17) is 14.5 Å². The topological polar surface area (TPSA) is 226 Å². The molecule has 0 saturated carbocycles. The Morgan fingerprint density at radius 3 is 2.07 bits per heavy atom. The maximum Gasteiger partial charge on any atom is 0.415 e. The van der Waals surface area contributed by atoms with Crippen LogP contribution in [0.1, 0.15) is 68.2 Å². The fourth-order valence-corrected chi connectivity index (χ4v) is 8.10. The van der Waals surface area contributed by atoms with Gasteiger partial charge in [-0.2, -0.15) is 0 Å². The van der Waals surface area contributed by atoms with Crippen LogP contribution in [0.3, 0.4) is 0 Å². The monoisotopic (exact) mass is 759 g/mol. The SMILES string of the molecule is CCc1c2c(nc3ccc(OC(=O)N4CCN(C(=O)CCC(=O)N5CCC(C(=O)O)(C(=O)O)CC5)CC4)cc13)-c1cc3c(c(=O)n1C2)COC(=O)[C@]3(O)CC. The Labute approximate surface area is 314 Å². The zero-order valence-electron chi connectivity index (χ0n) is 30.5. The number of hydrogen-bond acceptors (Lipinski definition) is 11. The second kappa shape index (κ2) is 14.1. The molecule has 17 heteroatoms. The predicted molar refractivity (Wildman–Crippen MR) is 191 cm³/mol. The highest BCUT2D eigenvalue weighted by atomic mass is 16.6. The van der Waals surface area contributed by atoms with Gasteiger partial charge >= 0.3 is 24.0 Å². The summed E-state index contributed by atoms with van der Waals surface area (Å²) < 4.78 is 12.5. The van der Waals surface area contributed by atoms with Crippen LogP contribution in [-0.4, -0.2) is 115 Å². The number of piperidine rings is 1. The molecule has 6 heterocycles. The lowest BCUT2D eigenvalue weighted by Gasteiger charge is -2.36. The van der Waals surface area contributed by atoms with E-state index in [9.17, 15) is 48.9 Å². The fourth-order valence-electron chi connectivity index (χ4n) is 8.10. The lowest BCUT2D eigenvalue weighted by atomic mass is 9.78. The number of ether oxygens (including phenoxy) is 2. The predicted octanol–water partition coefficient (Wildman–Crippen LogP) is 1.84. The third-order valence-electron chi connectivity index (χ3n) is 11.6. The first-order chi connectivity index (χ1) is 26.2. The minimum Gasteiger partial charge on any atom is -0.480 e. The summed E-state index contributed by atoms with van der Waals surface area (Å²) in [5.74, 6) is -3.97. The highest BCUT2D eigenvalue weighted by Gasteiger charge is 2.49. The number of fused-ring (bicyclic) bond motifs is 5. The van der Waals surface area contributed by atoms with Crippen LogP contribution in [-0.2, 0) is 53.9 Å². The first kappa shape index (κ1) is 37.5. The van der Waals surface area contributed by atoms with Gasteiger partial charge in [-0.15, -0.1) is 0 Å².